The molecule has 18 heavy (non-hydrogen) atoms. The van der Waals surface area contributed by atoms with E-state index in [-0.39, 0.29) is 5.78 Å². The van der Waals surface area contributed by atoms with Crippen molar-refractivity contribution >= 4 is 5.78 Å². The van der Waals surface area contributed by atoms with E-state index in [0.29, 0.717) is 6.42 Å². The molecule has 0 bridgehead atoms. The number of carbonyl (C=O) groups is 1. The number of rotatable bonds is 8. The number of carbonyl (C=O) groups excluding carboxylic acids is 1. The smallest absolute Gasteiger partial charge is 0.133 e. The first kappa shape index (κ1) is 16.9. The molecule has 0 heterocycles. The summed E-state index contributed by atoms with van der Waals surface area (Å²) in [6.07, 6.45) is 11.7. The van der Waals surface area contributed by atoms with E-state index in [2.05, 4.69) is 45.9 Å². The van der Waals surface area contributed by atoms with Crippen molar-refractivity contribution in [2.24, 2.45) is 0 Å². The van der Waals surface area contributed by atoms with Gasteiger partial charge in [0.25, 0.3) is 0 Å². The Hall–Kier alpha value is -1.11. The number of ketones is 1. The monoisotopic (exact) mass is 248 g/mol. The van der Waals surface area contributed by atoms with Crippen molar-refractivity contribution in [3.05, 3.63) is 34.9 Å². The zero-order valence-corrected chi connectivity index (χ0v) is 12.7. The molecule has 0 unspecified atom stereocenters. The van der Waals surface area contributed by atoms with Crippen LogP contribution in [0.4, 0.5) is 0 Å². The lowest BCUT2D eigenvalue weighted by atomic mass is 10.1. The third-order valence-corrected chi connectivity index (χ3v) is 2.86. The average molecular weight is 248 g/mol. The Morgan fingerprint density at radius 1 is 0.778 bits per heavy atom. The van der Waals surface area contributed by atoms with Gasteiger partial charge >= 0.3 is 0 Å². The maximum atomic E-state index is 10.8. The second-order valence-electron chi connectivity index (χ2n) is 5.37. The summed E-state index contributed by atoms with van der Waals surface area (Å²) in [4.78, 5) is 10.8. The van der Waals surface area contributed by atoms with Crippen molar-refractivity contribution in [1.29, 1.82) is 0 Å². The van der Waals surface area contributed by atoms with Crippen LogP contribution in [0, 0.1) is 0 Å². The van der Waals surface area contributed by atoms with Crippen LogP contribution in [-0.4, -0.2) is 5.78 Å². The fourth-order valence-corrected chi connectivity index (χ4v) is 1.66. The molecule has 0 rings (SSSR count). The summed E-state index contributed by atoms with van der Waals surface area (Å²) in [5, 5.41) is 0. The number of hydrogen-bond donors (Lipinski definition) is 0. The molecule has 0 aromatic rings. The Morgan fingerprint density at radius 2 is 1.28 bits per heavy atom. The molecule has 0 saturated heterocycles. The van der Waals surface area contributed by atoms with Crippen LogP contribution in [-0.2, 0) is 4.79 Å². The van der Waals surface area contributed by atoms with Gasteiger partial charge in [-0.3, -0.25) is 4.79 Å². The van der Waals surface area contributed by atoms with Gasteiger partial charge < -0.3 is 0 Å². The van der Waals surface area contributed by atoms with Crippen LogP contribution in [0.5, 0.6) is 0 Å². The van der Waals surface area contributed by atoms with Crippen LogP contribution >= 0.6 is 0 Å². The van der Waals surface area contributed by atoms with Gasteiger partial charge in [-0.05, 0) is 60.3 Å². The maximum Gasteiger partial charge on any atom is 0.133 e. The van der Waals surface area contributed by atoms with Crippen LogP contribution in [0.2, 0.25) is 0 Å². The third kappa shape index (κ3) is 11.4. The highest BCUT2D eigenvalue weighted by Gasteiger charge is 1.93. The fraction of sp³-hybridized carbons (Fsp3) is 0.588. The van der Waals surface area contributed by atoms with Gasteiger partial charge in [-0.25, -0.2) is 0 Å². The van der Waals surface area contributed by atoms with Crippen LogP contribution in [0.25, 0.3) is 0 Å². The molecule has 0 radical (unpaired) electrons. The molecule has 0 spiro atoms. The van der Waals surface area contributed by atoms with Gasteiger partial charge in [0.05, 0.1) is 0 Å². The van der Waals surface area contributed by atoms with Gasteiger partial charge in [0.1, 0.15) is 5.78 Å². The van der Waals surface area contributed by atoms with Crippen molar-refractivity contribution in [3.63, 3.8) is 0 Å². The standard InChI is InChI=1S/C17H28O/c1-14(2)8-6-9-15(3)10-7-11-16(4)12-13-17(5)18/h8,10,12H,6-7,9,11,13H2,1-5H3. The van der Waals surface area contributed by atoms with Crippen LogP contribution in [0.15, 0.2) is 34.9 Å². The molecule has 1 nitrogen and oxygen atoms in total. The summed E-state index contributed by atoms with van der Waals surface area (Å²) >= 11 is 0. The molecular weight excluding hydrogens is 220 g/mol. The van der Waals surface area contributed by atoms with Gasteiger partial charge in [-0.15, -0.1) is 0 Å². The summed E-state index contributed by atoms with van der Waals surface area (Å²) in [7, 11) is 0. The largest absolute Gasteiger partial charge is 0.300 e. The maximum absolute atomic E-state index is 10.8. The minimum atomic E-state index is 0.239. The lowest BCUT2D eigenvalue weighted by Crippen LogP contribution is -1.87. The van der Waals surface area contributed by atoms with Gasteiger partial charge in [0.2, 0.25) is 0 Å². The normalized spacial score (nSPS) is 12.5. The van der Waals surface area contributed by atoms with E-state index < -0.39 is 0 Å². The minimum Gasteiger partial charge on any atom is -0.300 e. The number of allylic oxidation sites excluding steroid dienone is 6. The third-order valence-electron chi connectivity index (χ3n) is 2.86. The molecule has 0 aliphatic rings. The van der Waals surface area contributed by atoms with Gasteiger partial charge in [0.15, 0.2) is 0 Å². The highest BCUT2D eigenvalue weighted by atomic mass is 16.1. The summed E-state index contributed by atoms with van der Waals surface area (Å²) in [5.74, 6) is 0.239. The van der Waals surface area contributed by atoms with Crippen molar-refractivity contribution in [3.8, 4) is 0 Å². The number of Topliss-reactive ketones (excluding diaryl/α,β-unsaturated/α-hetero) is 1. The first-order chi connectivity index (χ1) is 8.41. The summed E-state index contributed by atoms with van der Waals surface area (Å²) in [6, 6.07) is 0. The second-order valence-corrected chi connectivity index (χ2v) is 5.37. The summed E-state index contributed by atoms with van der Waals surface area (Å²) < 4.78 is 0. The zero-order valence-electron chi connectivity index (χ0n) is 12.7. The molecule has 0 fully saturated rings. The van der Waals surface area contributed by atoms with E-state index in [1.807, 2.05) is 0 Å². The quantitative estimate of drug-likeness (QED) is 0.527. The van der Waals surface area contributed by atoms with E-state index in [1.165, 1.54) is 16.7 Å². The summed E-state index contributed by atoms with van der Waals surface area (Å²) in [5.41, 5.74) is 4.18. The Kier molecular flexibility index (Phi) is 9.26. The molecule has 0 aliphatic heterocycles. The Bertz CT molecular complexity index is 339. The number of hydrogen-bond acceptors (Lipinski definition) is 1. The predicted molar refractivity (Wildman–Crippen MR) is 80.7 cm³/mol. The molecular formula is C17H28O. The van der Waals surface area contributed by atoms with Gasteiger partial charge in [-0.1, -0.05) is 34.9 Å². The van der Waals surface area contributed by atoms with Crippen LogP contribution in [0.3, 0.4) is 0 Å². The van der Waals surface area contributed by atoms with E-state index >= 15 is 0 Å². The van der Waals surface area contributed by atoms with Crippen LogP contribution in [0.1, 0.15) is 66.7 Å². The van der Waals surface area contributed by atoms with Gasteiger partial charge in [-0.2, -0.15) is 0 Å². The first-order valence-corrected chi connectivity index (χ1v) is 6.86. The molecule has 0 saturated carbocycles. The predicted octanol–water partition coefficient (Wildman–Crippen LogP) is 5.38. The van der Waals surface area contributed by atoms with E-state index in [0.717, 1.165) is 25.7 Å². The molecule has 0 aliphatic carbocycles. The van der Waals surface area contributed by atoms with Crippen LogP contribution < -0.4 is 0 Å². The molecule has 0 aromatic heterocycles. The van der Waals surface area contributed by atoms with Crippen molar-refractivity contribution in [2.75, 3.05) is 0 Å². The minimum absolute atomic E-state index is 0.239. The topological polar surface area (TPSA) is 17.1 Å². The van der Waals surface area contributed by atoms with E-state index in [4.69, 9.17) is 0 Å². The molecule has 0 aromatic carbocycles. The lowest BCUT2D eigenvalue weighted by Gasteiger charge is -2.01. The Balaban J connectivity index is 3.89. The molecule has 0 amide bonds. The van der Waals surface area contributed by atoms with E-state index in [9.17, 15) is 4.79 Å². The molecule has 102 valence electrons. The van der Waals surface area contributed by atoms with Crippen molar-refractivity contribution in [2.45, 2.75) is 66.7 Å². The highest BCUT2D eigenvalue weighted by molar-refractivity contribution is 5.77. The lowest BCUT2D eigenvalue weighted by molar-refractivity contribution is -0.116. The zero-order chi connectivity index (χ0) is 14.0. The second kappa shape index (κ2) is 9.87. The highest BCUT2D eigenvalue weighted by Crippen LogP contribution is 2.11. The van der Waals surface area contributed by atoms with E-state index in [1.54, 1.807) is 6.92 Å². The van der Waals surface area contributed by atoms with Crippen molar-refractivity contribution < 1.29 is 4.79 Å². The molecule has 1 heteroatoms. The SMILES string of the molecule is CC(=O)CC=C(C)CCC=C(C)CCC=C(C)C. The summed E-state index contributed by atoms with van der Waals surface area (Å²) in [6.45, 7) is 10.2. The average Bonchev–Trinajstić information content (AvgIpc) is 2.25. The molecule has 0 atom stereocenters. The Labute approximate surface area is 113 Å². The first-order valence-electron chi connectivity index (χ1n) is 6.86. The Morgan fingerprint density at radius 3 is 1.78 bits per heavy atom. The molecule has 0 N–H and O–H groups in total. The van der Waals surface area contributed by atoms with Crippen molar-refractivity contribution in [1.82, 2.24) is 0 Å². The van der Waals surface area contributed by atoms with Gasteiger partial charge in [0, 0.05) is 6.42 Å². The fourth-order valence-electron chi connectivity index (χ4n) is 1.66.